The highest BCUT2D eigenvalue weighted by Gasteiger charge is 2.19. The molecule has 8 heteroatoms. The standard InChI is InChI=1S/C20H21ClN4O3/c1-5-16-24-17-12(8-10(2)9-13(17)19(26)25(16)4)11(3)22-14-6-7-15(21)23-18(14)20(27)28/h6-9,11,22H,5H2,1-4H3,(H,27,28). The summed E-state index contributed by atoms with van der Waals surface area (Å²) >= 11 is 5.83. The van der Waals surface area contributed by atoms with Crippen LogP contribution in [0.2, 0.25) is 5.15 Å². The maximum atomic E-state index is 12.8. The summed E-state index contributed by atoms with van der Waals surface area (Å²) in [6, 6.07) is 6.58. The summed E-state index contributed by atoms with van der Waals surface area (Å²) in [5, 5.41) is 13.2. The number of nitrogens with zero attached hydrogens (tertiary/aromatic N) is 3. The third-order valence-corrected chi connectivity index (χ3v) is 4.88. The van der Waals surface area contributed by atoms with Crippen LogP contribution in [-0.4, -0.2) is 25.6 Å². The highest BCUT2D eigenvalue weighted by Crippen LogP contribution is 2.28. The molecule has 0 saturated heterocycles. The molecule has 2 aromatic heterocycles. The summed E-state index contributed by atoms with van der Waals surface area (Å²) < 4.78 is 1.56. The van der Waals surface area contributed by atoms with E-state index >= 15 is 0 Å². The molecule has 1 aromatic carbocycles. The number of benzene rings is 1. The first-order valence-corrected chi connectivity index (χ1v) is 9.27. The van der Waals surface area contributed by atoms with E-state index in [0.717, 1.165) is 11.1 Å². The van der Waals surface area contributed by atoms with Gasteiger partial charge in [-0.05, 0) is 37.6 Å². The molecule has 0 bridgehead atoms. The second kappa shape index (κ2) is 7.59. The number of pyridine rings is 1. The molecule has 7 nitrogen and oxygen atoms in total. The predicted octanol–water partition coefficient (Wildman–Crippen LogP) is 3.72. The first-order chi connectivity index (χ1) is 13.2. The summed E-state index contributed by atoms with van der Waals surface area (Å²) in [6.45, 7) is 5.75. The van der Waals surface area contributed by atoms with Crippen LogP contribution in [0.5, 0.6) is 0 Å². The topological polar surface area (TPSA) is 97.1 Å². The largest absolute Gasteiger partial charge is 0.476 e. The number of anilines is 1. The number of carboxylic acids is 1. The van der Waals surface area contributed by atoms with E-state index in [1.807, 2.05) is 32.9 Å². The van der Waals surface area contributed by atoms with E-state index in [-0.39, 0.29) is 22.4 Å². The van der Waals surface area contributed by atoms with Crippen molar-refractivity contribution < 1.29 is 9.90 Å². The number of aromatic nitrogens is 3. The fraction of sp³-hybridized carbons (Fsp3) is 0.300. The van der Waals surface area contributed by atoms with E-state index in [9.17, 15) is 14.7 Å². The van der Waals surface area contributed by atoms with Gasteiger partial charge in [0, 0.05) is 19.0 Å². The number of nitrogens with one attached hydrogen (secondary N) is 1. The van der Waals surface area contributed by atoms with Gasteiger partial charge in [0.2, 0.25) is 0 Å². The van der Waals surface area contributed by atoms with Gasteiger partial charge in [0.1, 0.15) is 11.0 Å². The molecule has 1 unspecified atom stereocenters. The van der Waals surface area contributed by atoms with E-state index in [4.69, 9.17) is 16.6 Å². The molecule has 0 spiro atoms. The molecule has 0 aliphatic heterocycles. The monoisotopic (exact) mass is 400 g/mol. The molecule has 1 atom stereocenters. The zero-order valence-electron chi connectivity index (χ0n) is 16.1. The Bertz CT molecular complexity index is 1140. The first-order valence-electron chi connectivity index (χ1n) is 8.89. The van der Waals surface area contributed by atoms with Crippen molar-refractivity contribution >= 4 is 34.2 Å². The van der Waals surface area contributed by atoms with Crippen LogP contribution in [0.4, 0.5) is 5.69 Å². The normalized spacial score (nSPS) is 12.2. The van der Waals surface area contributed by atoms with Gasteiger partial charge in [0.05, 0.1) is 22.6 Å². The maximum absolute atomic E-state index is 12.8. The lowest BCUT2D eigenvalue weighted by molar-refractivity contribution is 0.0691. The van der Waals surface area contributed by atoms with Gasteiger partial charge in [-0.2, -0.15) is 0 Å². The lowest BCUT2D eigenvalue weighted by Gasteiger charge is -2.20. The van der Waals surface area contributed by atoms with E-state index < -0.39 is 5.97 Å². The number of fused-ring (bicyclic) bond motifs is 1. The summed E-state index contributed by atoms with van der Waals surface area (Å²) in [5.74, 6) is -0.485. The average Bonchev–Trinajstić information content (AvgIpc) is 2.65. The van der Waals surface area contributed by atoms with Crippen molar-refractivity contribution in [2.75, 3.05) is 5.32 Å². The molecule has 2 heterocycles. The Kier molecular flexibility index (Phi) is 5.38. The second-order valence-electron chi connectivity index (χ2n) is 6.70. The number of hydrogen-bond acceptors (Lipinski definition) is 5. The second-order valence-corrected chi connectivity index (χ2v) is 7.08. The zero-order valence-corrected chi connectivity index (χ0v) is 16.8. The Morgan fingerprint density at radius 2 is 2.04 bits per heavy atom. The lowest BCUT2D eigenvalue weighted by Crippen LogP contribution is -2.23. The van der Waals surface area contributed by atoms with Gasteiger partial charge < -0.3 is 10.4 Å². The van der Waals surface area contributed by atoms with Gasteiger partial charge in [0.25, 0.3) is 5.56 Å². The van der Waals surface area contributed by atoms with Crippen LogP contribution in [0.3, 0.4) is 0 Å². The molecule has 0 amide bonds. The number of halogens is 1. The van der Waals surface area contributed by atoms with Crippen LogP contribution in [-0.2, 0) is 13.5 Å². The number of rotatable bonds is 5. The van der Waals surface area contributed by atoms with Gasteiger partial charge in [-0.3, -0.25) is 9.36 Å². The van der Waals surface area contributed by atoms with Gasteiger partial charge in [0.15, 0.2) is 5.69 Å². The van der Waals surface area contributed by atoms with Gasteiger partial charge in [-0.1, -0.05) is 24.6 Å². The van der Waals surface area contributed by atoms with E-state index in [1.54, 1.807) is 17.7 Å². The third-order valence-electron chi connectivity index (χ3n) is 4.67. The minimum absolute atomic E-state index is 0.0987. The van der Waals surface area contributed by atoms with Crippen molar-refractivity contribution in [3.05, 3.63) is 62.4 Å². The third kappa shape index (κ3) is 3.57. The number of carboxylic acid groups (broad SMARTS) is 1. The number of aromatic carboxylic acids is 1. The first kappa shape index (κ1) is 19.8. The minimum atomic E-state index is -1.17. The maximum Gasteiger partial charge on any atom is 0.356 e. The predicted molar refractivity (Wildman–Crippen MR) is 109 cm³/mol. The SMILES string of the molecule is CCc1nc2c(C(C)Nc3ccc(Cl)nc3C(=O)O)cc(C)cc2c(=O)n1C. The number of aryl methyl sites for hydroxylation is 2. The minimum Gasteiger partial charge on any atom is -0.476 e. The van der Waals surface area contributed by atoms with Crippen molar-refractivity contribution in [3.8, 4) is 0 Å². The quantitative estimate of drug-likeness (QED) is 0.633. The molecule has 0 fully saturated rings. The van der Waals surface area contributed by atoms with Crippen molar-refractivity contribution in [1.82, 2.24) is 14.5 Å². The van der Waals surface area contributed by atoms with Crippen LogP contribution in [0, 0.1) is 6.92 Å². The molecule has 0 aliphatic rings. The van der Waals surface area contributed by atoms with Crippen LogP contribution in [0.25, 0.3) is 10.9 Å². The van der Waals surface area contributed by atoms with Crippen molar-refractivity contribution in [1.29, 1.82) is 0 Å². The molecule has 0 saturated carbocycles. The fourth-order valence-electron chi connectivity index (χ4n) is 3.27. The van der Waals surface area contributed by atoms with Gasteiger partial charge in [-0.15, -0.1) is 0 Å². The average molecular weight is 401 g/mol. The molecular weight excluding hydrogens is 380 g/mol. The summed E-state index contributed by atoms with van der Waals surface area (Å²) in [6.07, 6.45) is 0.626. The van der Waals surface area contributed by atoms with Crippen LogP contribution < -0.4 is 10.9 Å². The molecule has 2 N–H and O–H groups in total. The summed E-state index contributed by atoms with van der Waals surface area (Å²) in [7, 11) is 1.72. The Balaban J connectivity index is 2.15. The number of hydrogen-bond donors (Lipinski definition) is 2. The van der Waals surface area contributed by atoms with Crippen LogP contribution in [0.1, 0.15) is 47.3 Å². The van der Waals surface area contributed by atoms with Crippen molar-refractivity contribution in [2.24, 2.45) is 7.05 Å². The summed E-state index contributed by atoms with van der Waals surface area (Å²) in [5.41, 5.74) is 2.44. The van der Waals surface area contributed by atoms with Gasteiger partial charge in [-0.25, -0.2) is 14.8 Å². The highest BCUT2D eigenvalue weighted by molar-refractivity contribution is 6.29. The lowest BCUT2D eigenvalue weighted by atomic mass is 10.0. The zero-order chi connectivity index (χ0) is 20.6. The molecule has 0 aliphatic carbocycles. The van der Waals surface area contributed by atoms with Crippen molar-refractivity contribution in [3.63, 3.8) is 0 Å². The summed E-state index contributed by atoms with van der Waals surface area (Å²) in [4.78, 5) is 32.9. The molecule has 0 radical (unpaired) electrons. The van der Waals surface area contributed by atoms with Crippen LogP contribution in [0.15, 0.2) is 29.1 Å². The van der Waals surface area contributed by atoms with E-state index in [0.29, 0.717) is 28.8 Å². The van der Waals surface area contributed by atoms with E-state index in [1.165, 1.54) is 6.07 Å². The fourth-order valence-corrected chi connectivity index (χ4v) is 3.42. The van der Waals surface area contributed by atoms with E-state index in [2.05, 4.69) is 10.3 Å². The van der Waals surface area contributed by atoms with Gasteiger partial charge >= 0.3 is 5.97 Å². The highest BCUT2D eigenvalue weighted by atomic mass is 35.5. The smallest absolute Gasteiger partial charge is 0.356 e. The molecular formula is C20H21ClN4O3. The Labute approximate surface area is 167 Å². The molecule has 3 aromatic rings. The molecule has 28 heavy (non-hydrogen) atoms. The Morgan fingerprint density at radius 1 is 1.32 bits per heavy atom. The Hall–Kier alpha value is -2.93. The number of carbonyl (C=O) groups is 1. The molecule has 3 rings (SSSR count). The van der Waals surface area contributed by atoms with Crippen LogP contribution >= 0.6 is 11.6 Å². The Morgan fingerprint density at radius 3 is 2.68 bits per heavy atom. The molecule has 146 valence electrons. The van der Waals surface area contributed by atoms with Crippen molar-refractivity contribution in [2.45, 2.75) is 33.2 Å².